The summed E-state index contributed by atoms with van der Waals surface area (Å²) in [5.41, 5.74) is -5.46. The Morgan fingerprint density at radius 1 is 0.838 bits per heavy atom. The van der Waals surface area contributed by atoms with E-state index >= 15 is 0 Å². The molecule has 37 heavy (non-hydrogen) atoms. The number of nitrogens with zero attached hydrogens (tertiary/aromatic N) is 2. The number of rotatable bonds is 5. The molecule has 0 aliphatic heterocycles. The quantitative estimate of drug-likeness (QED) is 0.271. The smallest absolute Gasteiger partial charge is 0.368 e. The van der Waals surface area contributed by atoms with Crippen LogP contribution < -0.4 is 0 Å². The van der Waals surface area contributed by atoms with Crippen LogP contribution in [0.25, 0.3) is 28.1 Å². The molecule has 4 nitrogen and oxygen atoms in total. The second kappa shape index (κ2) is 9.62. The average molecular weight is 559 g/mol. The standard InChI is InChI=1S/C25H17ClF6N2O2S/c1-37(36)18-6-4-5-16(13-18)15-9-11-17(12-10-15)34-21(19-7-2-3-8-20(19)26)14-22(33-34)23(35,24(27,28)29)25(30,31)32/h2-14,35H,1H3. The minimum Gasteiger partial charge on any atom is -0.368 e. The molecule has 0 spiro atoms. The summed E-state index contributed by atoms with van der Waals surface area (Å²) in [6.07, 6.45) is -10.7. The van der Waals surface area contributed by atoms with Crippen molar-refractivity contribution in [2.24, 2.45) is 0 Å². The third-order valence-corrected chi connectivity index (χ3v) is 6.91. The van der Waals surface area contributed by atoms with Crippen LogP contribution in [0.2, 0.25) is 5.02 Å². The molecule has 0 aliphatic carbocycles. The average Bonchev–Trinajstić information content (AvgIpc) is 3.28. The number of halogens is 7. The lowest BCUT2D eigenvalue weighted by atomic mass is 9.97. The molecule has 0 aliphatic rings. The number of benzene rings is 3. The van der Waals surface area contributed by atoms with Crippen LogP contribution in [0.5, 0.6) is 0 Å². The van der Waals surface area contributed by atoms with E-state index in [0.717, 1.165) is 4.68 Å². The van der Waals surface area contributed by atoms with Gasteiger partial charge in [-0.05, 0) is 47.5 Å². The molecular formula is C25H17ClF6N2O2S. The molecule has 194 valence electrons. The predicted molar refractivity (Wildman–Crippen MR) is 128 cm³/mol. The fourth-order valence-corrected chi connectivity index (χ4v) is 4.51. The van der Waals surface area contributed by atoms with Gasteiger partial charge in [-0.2, -0.15) is 31.4 Å². The summed E-state index contributed by atoms with van der Waals surface area (Å²) >= 11 is 6.19. The topological polar surface area (TPSA) is 55.1 Å². The van der Waals surface area contributed by atoms with Gasteiger partial charge in [-0.25, -0.2) is 4.68 Å². The van der Waals surface area contributed by atoms with E-state index in [0.29, 0.717) is 22.1 Å². The highest BCUT2D eigenvalue weighted by atomic mass is 35.5. The second-order valence-electron chi connectivity index (χ2n) is 8.04. The minimum atomic E-state index is -6.10. The number of hydrogen-bond acceptors (Lipinski definition) is 3. The van der Waals surface area contributed by atoms with Crippen molar-refractivity contribution in [2.45, 2.75) is 22.8 Å². The van der Waals surface area contributed by atoms with Gasteiger partial charge in [0.1, 0.15) is 5.69 Å². The van der Waals surface area contributed by atoms with E-state index in [1.807, 2.05) is 0 Å². The molecule has 1 atom stereocenters. The Morgan fingerprint density at radius 2 is 1.46 bits per heavy atom. The lowest BCUT2D eigenvalue weighted by Crippen LogP contribution is -2.54. The first kappa shape index (κ1) is 26.9. The summed E-state index contributed by atoms with van der Waals surface area (Å²) in [7, 11) is -1.23. The molecule has 12 heteroatoms. The maximum atomic E-state index is 13.6. The van der Waals surface area contributed by atoms with Crippen molar-refractivity contribution < 1.29 is 35.7 Å². The maximum Gasteiger partial charge on any atom is 0.432 e. The summed E-state index contributed by atoms with van der Waals surface area (Å²) in [4.78, 5) is 0.581. The fraction of sp³-hybridized carbons (Fsp3) is 0.160. The Morgan fingerprint density at radius 3 is 2.03 bits per heavy atom. The highest BCUT2D eigenvalue weighted by Crippen LogP contribution is 2.50. The zero-order chi connectivity index (χ0) is 27.2. The van der Waals surface area contributed by atoms with E-state index in [2.05, 4.69) is 5.10 Å². The van der Waals surface area contributed by atoms with Crippen molar-refractivity contribution in [3.05, 3.63) is 89.6 Å². The molecule has 0 radical (unpaired) electrons. The molecule has 1 N–H and O–H groups in total. The van der Waals surface area contributed by atoms with Crippen molar-refractivity contribution in [2.75, 3.05) is 6.26 Å². The largest absolute Gasteiger partial charge is 0.432 e. The number of alkyl halides is 6. The first-order valence-corrected chi connectivity index (χ1v) is 12.4. The molecule has 0 amide bonds. The van der Waals surface area contributed by atoms with Crippen molar-refractivity contribution >= 4 is 22.4 Å². The van der Waals surface area contributed by atoms with Crippen LogP contribution in [-0.2, 0) is 16.4 Å². The first-order chi connectivity index (χ1) is 17.2. The highest BCUT2D eigenvalue weighted by molar-refractivity contribution is 7.84. The van der Waals surface area contributed by atoms with E-state index in [9.17, 15) is 35.7 Å². The van der Waals surface area contributed by atoms with Crippen molar-refractivity contribution in [1.29, 1.82) is 0 Å². The predicted octanol–water partition coefficient (Wildman–Crippen LogP) is 6.91. The number of hydrogen-bond donors (Lipinski definition) is 1. The second-order valence-corrected chi connectivity index (χ2v) is 9.83. The summed E-state index contributed by atoms with van der Waals surface area (Å²) in [5.74, 6) is 0. The summed E-state index contributed by atoms with van der Waals surface area (Å²) in [6, 6.07) is 19.3. The minimum absolute atomic E-state index is 0.0544. The van der Waals surface area contributed by atoms with Gasteiger partial charge in [0.15, 0.2) is 0 Å². The van der Waals surface area contributed by atoms with Gasteiger partial charge in [0, 0.05) is 32.5 Å². The summed E-state index contributed by atoms with van der Waals surface area (Å²) in [5, 5.41) is 13.6. The highest BCUT2D eigenvalue weighted by Gasteiger charge is 2.73. The van der Waals surface area contributed by atoms with Crippen molar-refractivity contribution in [3.63, 3.8) is 0 Å². The van der Waals surface area contributed by atoms with Gasteiger partial charge in [-0.15, -0.1) is 0 Å². The first-order valence-electron chi connectivity index (χ1n) is 10.5. The maximum absolute atomic E-state index is 13.6. The van der Waals surface area contributed by atoms with Gasteiger partial charge in [-0.3, -0.25) is 4.21 Å². The van der Waals surface area contributed by atoms with Crippen LogP contribution in [0.4, 0.5) is 26.3 Å². The van der Waals surface area contributed by atoms with Crippen LogP contribution in [0, 0.1) is 0 Å². The lowest BCUT2D eigenvalue weighted by molar-refractivity contribution is -0.377. The molecule has 0 bridgehead atoms. The number of aliphatic hydroxyl groups is 1. The fourth-order valence-electron chi connectivity index (χ4n) is 3.72. The Kier molecular flexibility index (Phi) is 7.00. The van der Waals surface area contributed by atoms with E-state index in [1.54, 1.807) is 42.5 Å². The third kappa shape index (κ3) is 4.90. The molecule has 0 fully saturated rings. The Hall–Kier alpha value is -3.15. The molecule has 4 aromatic rings. The van der Waals surface area contributed by atoms with Gasteiger partial charge in [0.25, 0.3) is 0 Å². The van der Waals surface area contributed by atoms with Gasteiger partial charge in [0.2, 0.25) is 0 Å². The Bertz CT molecular complexity index is 1450. The van der Waals surface area contributed by atoms with Crippen LogP contribution >= 0.6 is 11.6 Å². The molecule has 1 unspecified atom stereocenters. The van der Waals surface area contributed by atoms with Crippen LogP contribution in [0.3, 0.4) is 0 Å². The monoisotopic (exact) mass is 558 g/mol. The third-order valence-electron chi connectivity index (χ3n) is 5.66. The van der Waals surface area contributed by atoms with Crippen LogP contribution in [0.15, 0.2) is 83.8 Å². The van der Waals surface area contributed by atoms with Crippen molar-refractivity contribution in [3.8, 4) is 28.1 Å². The molecule has 1 aromatic heterocycles. The number of aromatic nitrogens is 2. The summed E-state index contributed by atoms with van der Waals surface area (Å²) in [6.45, 7) is 0. The zero-order valence-corrected chi connectivity index (χ0v) is 20.4. The van der Waals surface area contributed by atoms with E-state index in [1.165, 1.54) is 36.6 Å². The van der Waals surface area contributed by atoms with Gasteiger partial charge >= 0.3 is 18.0 Å². The Labute approximate surface area is 214 Å². The molecule has 0 saturated heterocycles. The van der Waals surface area contributed by atoms with Crippen LogP contribution in [-0.4, -0.2) is 37.7 Å². The normalized spacial score (nSPS) is 13.5. The van der Waals surface area contributed by atoms with Crippen molar-refractivity contribution in [1.82, 2.24) is 9.78 Å². The lowest BCUT2D eigenvalue weighted by Gasteiger charge is -2.30. The molecule has 3 aromatic carbocycles. The van der Waals surface area contributed by atoms with Crippen LogP contribution in [0.1, 0.15) is 5.69 Å². The summed E-state index contributed by atoms with van der Waals surface area (Å²) < 4.78 is 94.1. The van der Waals surface area contributed by atoms with E-state index in [4.69, 9.17) is 11.6 Å². The van der Waals surface area contributed by atoms with E-state index < -0.39 is 34.4 Å². The molecule has 0 saturated carbocycles. The molecule has 4 rings (SSSR count). The molecule has 1 heterocycles. The van der Waals surface area contributed by atoms with Gasteiger partial charge in [-0.1, -0.05) is 54.1 Å². The zero-order valence-electron chi connectivity index (χ0n) is 18.8. The van der Waals surface area contributed by atoms with Gasteiger partial charge in [0.05, 0.1) is 11.4 Å². The van der Waals surface area contributed by atoms with Gasteiger partial charge < -0.3 is 5.11 Å². The SMILES string of the molecule is CS(=O)c1cccc(-c2ccc(-n3nc(C(O)(C(F)(F)F)C(F)(F)F)cc3-c3ccccc3Cl)cc2)c1. The van der Waals surface area contributed by atoms with E-state index in [-0.39, 0.29) is 22.0 Å². The molecular weight excluding hydrogens is 542 g/mol. The Balaban J connectivity index is 1.89.